The molecule has 8 heteroatoms. The summed E-state index contributed by atoms with van der Waals surface area (Å²) < 4.78 is 10.6. The van der Waals surface area contributed by atoms with Crippen LogP contribution in [0, 0.1) is 0 Å². The molecule has 1 aromatic heterocycles. The molecule has 0 saturated carbocycles. The second-order valence-electron chi connectivity index (χ2n) is 6.74. The molecule has 2 aromatic carbocycles. The fourth-order valence-electron chi connectivity index (χ4n) is 3.05. The van der Waals surface area contributed by atoms with Crippen molar-refractivity contribution in [3.05, 3.63) is 72.4 Å². The van der Waals surface area contributed by atoms with Crippen molar-refractivity contribution in [2.24, 2.45) is 0 Å². The molecule has 166 valence electrons. The summed E-state index contributed by atoms with van der Waals surface area (Å²) in [7, 11) is 3.01. The lowest BCUT2D eigenvalue weighted by Crippen LogP contribution is -2.25. The van der Waals surface area contributed by atoms with E-state index in [-0.39, 0.29) is 17.1 Å². The summed E-state index contributed by atoms with van der Waals surface area (Å²) in [4.78, 5) is 30.6. The lowest BCUT2D eigenvalue weighted by Gasteiger charge is -2.16. The predicted molar refractivity (Wildman–Crippen MR) is 127 cm³/mol. The zero-order valence-electron chi connectivity index (χ0n) is 18.1. The van der Waals surface area contributed by atoms with Gasteiger partial charge in [0, 0.05) is 16.8 Å². The molecule has 1 heterocycles. The van der Waals surface area contributed by atoms with Gasteiger partial charge in [-0.2, -0.15) is 0 Å². The smallest absolute Gasteiger partial charge is 0.263 e. The van der Waals surface area contributed by atoms with Gasteiger partial charge in [-0.3, -0.25) is 9.59 Å². The third-order valence-electron chi connectivity index (χ3n) is 4.60. The van der Waals surface area contributed by atoms with Gasteiger partial charge in [0.1, 0.15) is 22.9 Å². The van der Waals surface area contributed by atoms with Crippen molar-refractivity contribution in [2.45, 2.75) is 23.5 Å². The molecule has 0 fully saturated rings. The SMILES string of the molecule is CCC(Sc1cccc(NC(=O)c2c(OC)cccc2OC)c1)C(=O)Nc1ccccn1. The third-order valence-corrected chi connectivity index (χ3v) is 5.96. The highest BCUT2D eigenvalue weighted by Gasteiger charge is 2.20. The van der Waals surface area contributed by atoms with Gasteiger partial charge in [-0.1, -0.05) is 25.1 Å². The molecular weight excluding hydrogens is 426 g/mol. The summed E-state index contributed by atoms with van der Waals surface area (Å²) in [5.41, 5.74) is 0.921. The monoisotopic (exact) mass is 451 g/mol. The Morgan fingerprint density at radius 2 is 1.69 bits per heavy atom. The van der Waals surface area contributed by atoms with Gasteiger partial charge in [0.15, 0.2) is 0 Å². The van der Waals surface area contributed by atoms with Crippen LogP contribution in [0.25, 0.3) is 0 Å². The van der Waals surface area contributed by atoms with Gasteiger partial charge < -0.3 is 20.1 Å². The highest BCUT2D eigenvalue weighted by Crippen LogP contribution is 2.31. The van der Waals surface area contributed by atoms with Crippen molar-refractivity contribution in [1.82, 2.24) is 4.98 Å². The van der Waals surface area contributed by atoms with Crippen molar-refractivity contribution >= 4 is 35.1 Å². The number of rotatable bonds is 9. The summed E-state index contributed by atoms with van der Waals surface area (Å²) in [5.74, 6) is 0.892. The van der Waals surface area contributed by atoms with E-state index < -0.39 is 0 Å². The van der Waals surface area contributed by atoms with Crippen LogP contribution in [-0.2, 0) is 4.79 Å². The van der Waals surface area contributed by atoms with E-state index >= 15 is 0 Å². The van der Waals surface area contributed by atoms with Crippen LogP contribution in [0.3, 0.4) is 0 Å². The van der Waals surface area contributed by atoms with E-state index in [4.69, 9.17) is 9.47 Å². The topological polar surface area (TPSA) is 89.5 Å². The first-order valence-electron chi connectivity index (χ1n) is 10.1. The van der Waals surface area contributed by atoms with Crippen LogP contribution >= 0.6 is 11.8 Å². The molecule has 0 aliphatic heterocycles. The van der Waals surface area contributed by atoms with Gasteiger partial charge in [-0.05, 0) is 48.9 Å². The van der Waals surface area contributed by atoms with Crippen LogP contribution < -0.4 is 20.1 Å². The van der Waals surface area contributed by atoms with E-state index in [2.05, 4.69) is 15.6 Å². The van der Waals surface area contributed by atoms with Crippen molar-refractivity contribution in [3.8, 4) is 11.5 Å². The number of carbonyl (C=O) groups excluding carboxylic acids is 2. The summed E-state index contributed by atoms with van der Waals surface area (Å²) in [6, 6.07) is 17.9. The number of ether oxygens (including phenoxy) is 2. The molecule has 7 nitrogen and oxygen atoms in total. The molecule has 2 N–H and O–H groups in total. The van der Waals surface area contributed by atoms with Crippen LogP contribution in [0.2, 0.25) is 0 Å². The zero-order valence-corrected chi connectivity index (χ0v) is 18.9. The Morgan fingerprint density at radius 3 is 2.31 bits per heavy atom. The number of nitrogens with one attached hydrogen (secondary N) is 2. The first-order chi connectivity index (χ1) is 15.5. The molecule has 2 amide bonds. The number of aromatic nitrogens is 1. The van der Waals surface area contributed by atoms with E-state index in [1.54, 1.807) is 42.6 Å². The molecule has 0 radical (unpaired) electrons. The highest BCUT2D eigenvalue weighted by molar-refractivity contribution is 8.00. The molecule has 3 rings (SSSR count). The predicted octanol–water partition coefficient (Wildman–Crippen LogP) is 4.86. The van der Waals surface area contributed by atoms with Crippen LogP contribution in [-0.4, -0.2) is 36.3 Å². The molecule has 3 aromatic rings. The standard InChI is InChI=1S/C24H25N3O4S/c1-4-20(23(28)27-21-13-5-6-14-25-21)32-17-10-7-9-16(15-17)26-24(29)22-18(30-2)11-8-12-19(22)31-3/h5-15,20H,4H2,1-3H3,(H,26,29)(H,25,27,28). The van der Waals surface area contributed by atoms with Gasteiger partial charge in [0.05, 0.1) is 19.5 Å². The maximum Gasteiger partial charge on any atom is 0.263 e. The number of nitrogens with zero attached hydrogens (tertiary/aromatic N) is 1. The number of benzene rings is 2. The fraction of sp³-hybridized carbons (Fsp3) is 0.208. The minimum atomic E-state index is -0.346. The second-order valence-corrected chi connectivity index (χ2v) is 8.01. The quantitative estimate of drug-likeness (QED) is 0.452. The van der Waals surface area contributed by atoms with Crippen LogP contribution in [0.15, 0.2) is 71.8 Å². The third kappa shape index (κ3) is 5.79. The van der Waals surface area contributed by atoms with Crippen molar-refractivity contribution in [3.63, 3.8) is 0 Å². The zero-order chi connectivity index (χ0) is 22.9. The Hall–Kier alpha value is -3.52. The van der Waals surface area contributed by atoms with E-state index in [1.165, 1.54) is 26.0 Å². The van der Waals surface area contributed by atoms with Crippen LogP contribution in [0.4, 0.5) is 11.5 Å². The Labute approximate surface area is 191 Å². The molecule has 0 saturated heterocycles. The van der Waals surface area contributed by atoms with Gasteiger partial charge in [-0.15, -0.1) is 11.8 Å². The van der Waals surface area contributed by atoms with Crippen molar-refractivity contribution in [1.29, 1.82) is 0 Å². The van der Waals surface area contributed by atoms with Gasteiger partial charge >= 0.3 is 0 Å². The maximum atomic E-state index is 12.9. The summed E-state index contributed by atoms with van der Waals surface area (Å²) in [5, 5.41) is 5.42. The van der Waals surface area contributed by atoms with E-state index in [0.29, 0.717) is 35.0 Å². The summed E-state index contributed by atoms with van der Waals surface area (Å²) >= 11 is 1.43. The highest BCUT2D eigenvalue weighted by atomic mass is 32.2. The summed E-state index contributed by atoms with van der Waals surface area (Å²) in [6.45, 7) is 1.95. The van der Waals surface area contributed by atoms with E-state index in [0.717, 1.165) is 4.90 Å². The first-order valence-corrected chi connectivity index (χ1v) is 10.9. The molecule has 1 atom stereocenters. The maximum absolute atomic E-state index is 12.9. The Morgan fingerprint density at radius 1 is 0.969 bits per heavy atom. The second kappa shape index (κ2) is 11.2. The number of hydrogen-bond donors (Lipinski definition) is 2. The van der Waals surface area contributed by atoms with E-state index in [1.807, 2.05) is 31.2 Å². The van der Waals surface area contributed by atoms with E-state index in [9.17, 15) is 9.59 Å². The van der Waals surface area contributed by atoms with Crippen molar-refractivity contribution in [2.75, 3.05) is 24.9 Å². The number of carbonyl (C=O) groups is 2. The molecule has 32 heavy (non-hydrogen) atoms. The molecule has 1 unspecified atom stereocenters. The van der Waals surface area contributed by atoms with Gasteiger partial charge in [-0.25, -0.2) is 4.98 Å². The number of anilines is 2. The van der Waals surface area contributed by atoms with Gasteiger partial charge in [0.25, 0.3) is 5.91 Å². The Bertz CT molecular complexity index is 1050. The fourth-order valence-corrected chi connectivity index (χ4v) is 4.06. The summed E-state index contributed by atoms with van der Waals surface area (Å²) in [6.07, 6.45) is 2.27. The minimum Gasteiger partial charge on any atom is -0.496 e. The number of amides is 2. The Kier molecular flexibility index (Phi) is 8.10. The van der Waals surface area contributed by atoms with Gasteiger partial charge in [0.2, 0.25) is 5.91 Å². The van der Waals surface area contributed by atoms with Crippen LogP contribution in [0.1, 0.15) is 23.7 Å². The minimum absolute atomic E-state index is 0.121. The number of hydrogen-bond acceptors (Lipinski definition) is 6. The first kappa shape index (κ1) is 23.1. The normalized spacial score (nSPS) is 11.3. The lowest BCUT2D eigenvalue weighted by atomic mass is 10.1. The largest absolute Gasteiger partial charge is 0.496 e. The Balaban J connectivity index is 1.72. The molecule has 0 aliphatic carbocycles. The van der Waals surface area contributed by atoms with Crippen LogP contribution in [0.5, 0.6) is 11.5 Å². The number of thioether (sulfide) groups is 1. The van der Waals surface area contributed by atoms with Crippen molar-refractivity contribution < 1.29 is 19.1 Å². The molecular formula is C24H25N3O4S. The lowest BCUT2D eigenvalue weighted by molar-refractivity contribution is -0.115. The average molecular weight is 452 g/mol. The molecule has 0 bridgehead atoms. The number of methoxy groups -OCH3 is 2. The molecule has 0 aliphatic rings. The average Bonchev–Trinajstić information content (AvgIpc) is 2.82. The molecule has 0 spiro atoms. The number of pyridine rings is 1.